The molecule has 0 saturated carbocycles. The van der Waals surface area contributed by atoms with Gasteiger partial charge in [-0.2, -0.15) is 5.10 Å². The summed E-state index contributed by atoms with van der Waals surface area (Å²) in [4.78, 5) is 28.8. The maximum Gasteiger partial charge on any atom is 0.254 e. The summed E-state index contributed by atoms with van der Waals surface area (Å²) in [5.41, 5.74) is 3.73. The van der Waals surface area contributed by atoms with E-state index < -0.39 is 0 Å². The second-order valence-electron chi connectivity index (χ2n) is 6.83. The number of H-pyrrole nitrogens is 1. The van der Waals surface area contributed by atoms with Crippen molar-refractivity contribution in [2.45, 2.75) is 26.7 Å². The normalized spacial score (nSPS) is 14.3. The average Bonchev–Trinajstić information content (AvgIpc) is 3.03. The lowest BCUT2D eigenvalue weighted by Crippen LogP contribution is -2.50. The molecule has 0 unspecified atom stereocenters. The molecular formula is C20H26N4O3. The van der Waals surface area contributed by atoms with Crippen LogP contribution in [0.5, 0.6) is 5.75 Å². The Kier molecular flexibility index (Phi) is 5.78. The highest BCUT2D eigenvalue weighted by Crippen LogP contribution is 2.16. The van der Waals surface area contributed by atoms with Crippen LogP contribution in [0, 0.1) is 13.8 Å². The summed E-state index contributed by atoms with van der Waals surface area (Å²) in [6, 6.07) is 7.16. The van der Waals surface area contributed by atoms with Gasteiger partial charge in [0.2, 0.25) is 5.91 Å². The molecule has 1 fully saturated rings. The van der Waals surface area contributed by atoms with Gasteiger partial charge in [0.25, 0.3) is 5.91 Å². The maximum absolute atomic E-state index is 12.7. The van der Waals surface area contributed by atoms with Gasteiger partial charge >= 0.3 is 0 Å². The topological polar surface area (TPSA) is 78.5 Å². The number of rotatable bonds is 5. The smallest absolute Gasteiger partial charge is 0.254 e. The molecule has 2 aromatic rings. The van der Waals surface area contributed by atoms with Crippen LogP contribution in [-0.4, -0.2) is 65.1 Å². The van der Waals surface area contributed by atoms with Gasteiger partial charge in [-0.1, -0.05) is 6.07 Å². The minimum Gasteiger partial charge on any atom is -0.497 e. The number of hydrogen-bond donors (Lipinski definition) is 1. The molecule has 1 saturated heterocycles. The molecule has 1 aromatic heterocycles. The molecule has 0 spiro atoms. The van der Waals surface area contributed by atoms with Crippen LogP contribution in [0.4, 0.5) is 0 Å². The van der Waals surface area contributed by atoms with Crippen LogP contribution >= 0.6 is 0 Å². The first-order valence-corrected chi connectivity index (χ1v) is 9.21. The molecule has 3 rings (SSSR count). The SMILES string of the molecule is COc1cccc(C(=O)N2CCN(C(=O)CCc3n[nH]c(C)c3C)CC2)c1. The van der Waals surface area contributed by atoms with E-state index in [9.17, 15) is 9.59 Å². The Bertz CT molecular complexity index is 822. The van der Waals surface area contributed by atoms with Crippen molar-refractivity contribution in [2.24, 2.45) is 0 Å². The van der Waals surface area contributed by atoms with Crippen molar-refractivity contribution in [1.29, 1.82) is 0 Å². The number of aryl methyl sites for hydroxylation is 2. The van der Waals surface area contributed by atoms with Crippen molar-refractivity contribution >= 4 is 11.8 Å². The third-order valence-electron chi connectivity index (χ3n) is 5.17. The van der Waals surface area contributed by atoms with E-state index in [1.165, 1.54) is 0 Å². The summed E-state index contributed by atoms with van der Waals surface area (Å²) < 4.78 is 5.18. The Labute approximate surface area is 159 Å². The Morgan fingerprint density at radius 3 is 2.48 bits per heavy atom. The number of carbonyl (C=O) groups is 2. The van der Waals surface area contributed by atoms with Gasteiger partial charge in [0.15, 0.2) is 0 Å². The number of piperazine rings is 1. The van der Waals surface area contributed by atoms with Crippen LogP contribution < -0.4 is 4.74 Å². The van der Waals surface area contributed by atoms with E-state index in [2.05, 4.69) is 10.2 Å². The van der Waals surface area contributed by atoms with Crippen molar-refractivity contribution in [3.8, 4) is 5.75 Å². The Balaban J connectivity index is 1.51. The fourth-order valence-corrected chi connectivity index (χ4v) is 3.26. The van der Waals surface area contributed by atoms with E-state index in [1.54, 1.807) is 24.1 Å². The van der Waals surface area contributed by atoms with Crippen LogP contribution in [-0.2, 0) is 11.2 Å². The number of benzene rings is 1. The molecule has 1 aromatic carbocycles. The molecule has 0 aliphatic carbocycles. The zero-order valence-electron chi connectivity index (χ0n) is 16.1. The van der Waals surface area contributed by atoms with E-state index in [-0.39, 0.29) is 11.8 Å². The van der Waals surface area contributed by atoms with Crippen molar-refractivity contribution in [2.75, 3.05) is 33.3 Å². The van der Waals surface area contributed by atoms with Gasteiger partial charge in [-0.3, -0.25) is 14.7 Å². The van der Waals surface area contributed by atoms with Gasteiger partial charge in [0, 0.05) is 50.3 Å². The summed E-state index contributed by atoms with van der Waals surface area (Å²) in [5, 5.41) is 7.21. The lowest BCUT2D eigenvalue weighted by Gasteiger charge is -2.35. The highest BCUT2D eigenvalue weighted by Gasteiger charge is 2.25. The van der Waals surface area contributed by atoms with Crippen molar-refractivity contribution in [3.05, 3.63) is 46.8 Å². The monoisotopic (exact) mass is 370 g/mol. The lowest BCUT2D eigenvalue weighted by atomic mass is 10.1. The Morgan fingerprint density at radius 2 is 1.85 bits per heavy atom. The highest BCUT2D eigenvalue weighted by atomic mass is 16.5. The minimum absolute atomic E-state index is 0.0244. The predicted octanol–water partition coefficient (Wildman–Crippen LogP) is 1.95. The number of aromatic nitrogens is 2. The Morgan fingerprint density at radius 1 is 1.15 bits per heavy atom. The van der Waals surface area contributed by atoms with Crippen molar-refractivity contribution in [1.82, 2.24) is 20.0 Å². The van der Waals surface area contributed by atoms with Crippen molar-refractivity contribution in [3.63, 3.8) is 0 Å². The summed E-state index contributed by atoms with van der Waals surface area (Å²) >= 11 is 0. The molecule has 0 radical (unpaired) electrons. The van der Waals surface area contributed by atoms with E-state index in [4.69, 9.17) is 4.74 Å². The summed E-state index contributed by atoms with van der Waals surface area (Å²) in [7, 11) is 1.58. The first kappa shape index (κ1) is 18.9. The van der Waals surface area contributed by atoms with Gasteiger partial charge in [-0.15, -0.1) is 0 Å². The standard InChI is InChI=1S/C20H26N4O3/c1-14-15(2)21-22-18(14)7-8-19(25)23-9-11-24(12-10-23)20(26)16-5-4-6-17(13-16)27-3/h4-6,13H,7-12H2,1-3H3,(H,21,22). The van der Waals surface area contributed by atoms with Crippen molar-refractivity contribution < 1.29 is 14.3 Å². The number of carbonyl (C=O) groups excluding carboxylic acids is 2. The Hall–Kier alpha value is -2.83. The van der Waals surface area contributed by atoms with Crippen LogP contribution in [0.2, 0.25) is 0 Å². The van der Waals surface area contributed by atoms with Gasteiger partial charge in [-0.05, 0) is 37.6 Å². The minimum atomic E-state index is -0.0244. The number of nitrogens with one attached hydrogen (secondary N) is 1. The number of methoxy groups -OCH3 is 1. The second-order valence-corrected chi connectivity index (χ2v) is 6.83. The molecule has 1 aliphatic heterocycles. The number of amides is 2. The summed E-state index contributed by atoms with van der Waals surface area (Å²) in [6.45, 7) is 6.21. The van der Waals surface area contributed by atoms with Gasteiger partial charge in [0.1, 0.15) is 5.75 Å². The average molecular weight is 370 g/mol. The third-order valence-corrected chi connectivity index (χ3v) is 5.17. The van der Waals surface area contributed by atoms with Gasteiger partial charge in [0.05, 0.1) is 12.8 Å². The van der Waals surface area contributed by atoms with Gasteiger partial charge < -0.3 is 14.5 Å². The fraction of sp³-hybridized carbons (Fsp3) is 0.450. The molecular weight excluding hydrogens is 344 g/mol. The first-order chi connectivity index (χ1) is 13.0. The second kappa shape index (κ2) is 8.24. The molecule has 1 aliphatic rings. The molecule has 2 heterocycles. The molecule has 7 nitrogen and oxygen atoms in total. The number of nitrogens with zero attached hydrogens (tertiary/aromatic N) is 3. The molecule has 27 heavy (non-hydrogen) atoms. The molecule has 7 heteroatoms. The third kappa shape index (κ3) is 4.30. The summed E-state index contributed by atoms with van der Waals surface area (Å²) in [5.74, 6) is 0.755. The maximum atomic E-state index is 12.7. The van der Waals surface area contributed by atoms with Crippen LogP contribution in [0.25, 0.3) is 0 Å². The molecule has 144 valence electrons. The molecule has 1 N–H and O–H groups in total. The molecule has 2 amide bonds. The van der Waals surface area contributed by atoms with E-state index in [0.717, 1.165) is 17.0 Å². The summed E-state index contributed by atoms with van der Waals surface area (Å²) in [6.07, 6.45) is 1.08. The van der Waals surface area contributed by atoms with E-state index in [1.807, 2.05) is 30.9 Å². The molecule has 0 bridgehead atoms. The zero-order chi connectivity index (χ0) is 19.4. The fourth-order valence-electron chi connectivity index (χ4n) is 3.26. The quantitative estimate of drug-likeness (QED) is 0.873. The van der Waals surface area contributed by atoms with Crippen LogP contribution in [0.3, 0.4) is 0 Å². The first-order valence-electron chi connectivity index (χ1n) is 9.21. The lowest BCUT2D eigenvalue weighted by molar-refractivity contribution is -0.132. The number of aromatic amines is 1. The van der Waals surface area contributed by atoms with Crippen LogP contribution in [0.1, 0.15) is 33.7 Å². The van der Waals surface area contributed by atoms with E-state index >= 15 is 0 Å². The number of hydrogen-bond acceptors (Lipinski definition) is 4. The molecule has 0 atom stereocenters. The highest BCUT2D eigenvalue weighted by molar-refractivity contribution is 5.94. The number of ether oxygens (including phenoxy) is 1. The predicted molar refractivity (Wildman–Crippen MR) is 102 cm³/mol. The largest absolute Gasteiger partial charge is 0.497 e. The zero-order valence-corrected chi connectivity index (χ0v) is 16.1. The van der Waals surface area contributed by atoms with Crippen LogP contribution in [0.15, 0.2) is 24.3 Å². The van der Waals surface area contributed by atoms with Gasteiger partial charge in [-0.25, -0.2) is 0 Å². The van der Waals surface area contributed by atoms with E-state index in [0.29, 0.717) is 50.3 Å².